The molecule has 1 aliphatic rings. The van der Waals surface area contributed by atoms with E-state index < -0.39 is 7.60 Å². The summed E-state index contributed by atoms with van der Waals surface area (Å²) in [6, 6.07) is 0. The molecule has 0 spiro atoms. The highest BCUT2D eigenvalue weighted by Crippen LogP contribution is 2.55. The Morgan fingerprint density at radius 1 is 2.00 bits per heavy atom. The SMILES string of the molecule is CCOP1(=O)C=C(Cl)CO1. The van der Waals surface area contributed by atoms with E-state index in [9.17, 15) is 4.57 Å². The van der Waals surface area contributed by atoms with Crippen LogP contribution in [0.1, 0.15) is 6.92 Å². The van der Waals surface area contributed by atoms with E-state index in [1.54, 1.807) is 6.92 Å². The molecule has 1 unspecified atom stereocenters. The van der Waals surface area contributed by atoms with E-state index in [0.29, 0.717) is 11.6 Å². The maximum Gasteiger partial charge on any atom is 0.355 e. The summed E-state index contributed by atoms with van der Waals surface area (Å²) >= 11 is 5.52. The maximum absolute atomic E-state index is 11.2. The Labute approximate surface area is 64.5 Å². The summed E-state index contributed by atoms with van der Waals surface area (Å²) in [6.45, 7) is 2.33. The maximum atomic E-state index is 11.2. The zero-order valence-corrected chi connectivity index (χ0v) is 7.19. The molecule has 0 saturated heterocycles. The topological polar surface area (TPSA) is 35.5 Å². The molecule has 0 N–H and O–H groups in total. The van der Waals surface area contributed by atoms with Gasteiger partial charge in [-0.15, -0.1) is 0 Å². The Hall–Kier alpha value is 0.180. The quantitative estimate of drug-likeness (QED) is 0.615. The van der Waals surface area contributed by atoms with Crippen molar-refractivity contribution in [1.29, 1.82) is 0 Å². The van der Waals surface area contributed by atoms with E-state index in [1.165, 1.54) is 5.82 Å². The summed E-state index contributed by atoms with van der Waals surface area (Å²) in [5, 5.41) is 0.455. The molecule has 58 valence electrons. The third kappa shape index (κ3) is 1.83. The Kier molecular flexibility index (Phi) is 2.53. The second-order valence-electron chi connectivity index (χ2n) is 1.81. The third-order valence-corrected chi connectivity index (χ3v) is 3.09. The zero-order valence-electron chi connectivity index (χ0n) is 5.54. The lowest BCUT2D eigenvalue weighted by Gasteiger charge is -2.06. The molecule has 3 nitrogen and oxygen atoms in total. The molecule has 1 atom stereocenters. The van der Waals surface area contributed by atoms with Crippen molar-refractivity contribution in [3.05, 3.63) is 10.8 Å². The Morgan fingerprint density at radius 2 is 2.70 bits per heavy atom. The van der Waals surface area contributed by atoms with Gasteiger partial charge in [0.25, 0.3) is 0 Å². The number of hydrogen-bond acceptors (Lipinski definition) is 3. The first-order valence-electron chi connectivity index (χ1n) is 2.92. The largest absolute Gasteiger partial charge is 0.355 e. The summed E-state index contributed by atoms with van der Waals surface area (Å²) < 4.78 is 20.9. The van der Waals surface area contributed by atoms with Crippen molar-refractivity contribution in [2.45, 2.75) is 6.92 Å². The van der Waals surface area contributed by atoms with E-state index in [2.05, 4.69) is 0 Å². The molecule has 0 aromatic heterocycles. The fourth-order valence-electron chi connectivity index (χ4n) is 0.652. The summed E-state index contributed by atoms with van der Waals surface area (Å²) in [6.07, 6.45) is 0. The minimum atomic E-state index is -2.92. The lowest BCUT2D eigenvalue weighted by Crippen LogP contribution is -1.87. The first kappa shape index (κ1) is 8.28. The van der Waals surface area contributed by atoms with E-state index in [-0.39, 0.29) is 6.61 Å². The van der Waals surface area contributed by atoms with Gasteiger partial charge in [0.2, 0.25) is 0 Å². The highest BCUT2D eigenvalue weighted by Gasteiger charge is 2.27. The van der Waals surface area contributed by atoms with Gasteiger partial charge < -0.3 is 4.52 Å². The molecule has 1 heterocycles. The monoisotopic (exact) mass is 182 g/mol. The second-order valence-corrected chi connectivity index (χ2v) is 4.15. The van der Waals surface area contributed by atoms with Crippen LogP contribution in [0.15, 0.2) is 10.8 Å². The minimum absolute atomic E-state index is 0.207. The van der Waals surface area contributed by atoms with Crippen LogP contribution < -0.4 is 0 Å². The second kappa shape index (κ2) is 3.05. The number of rotatable bonds is 2. The van der Waals surface area contributed by atoms with Crippen molar-refractivity contribution in [3.8, 4) is 0 Å². The summed E-state index contributed by atoms with van der Waals surface area (Å²) in [4.78, 5) is 0. The smallest absolute Gasteiger partial charge is 0.306 e. The van der Waals surface area contributed by atoms with Gasteiger partial charge in [-0.25, -0.2) is 0 Å². The predicted molar refractivity (Wildman–Crippen MR) is 39.1 cm³/mol. The van der Waals surface area contributed by atoms with Crippen molar-refractivity contribution >= 4 is 19.2 Å². The molecule has 0 bridgehead atoms. The van der Waals surface area contributed by atoms with Crippen LogP contribution in [-0.2, 0) is 13.6 Å². The summed E-state index contributed by atoms with van der Waals surface area (Å²) in [5.41, 5.74) is 0. The molecular formula is C5H8ClO3P. The molecule has 0 radical (unpaired) electrons. The zero-order chi connectivity index (χ0) is 7.61. The molecule has 1 rings (SSSR count). The Morgan fingerprint density at radius 3 is 3.10 bits per heavy atom. The first-order valence-corrected chi connectivity index (χ1v) is 4.91. The van der Waals surface area contributed by atoms with E-state index in [4.69, 9.17) is 20.6 Å². The minimum Gasteiger partial charge on any atom is -0.306 e. The van der Waals surface area contributed by atoms with Crippen molar-refractivity contribution in [3.63, 3.8) is 0 Å². The van der Waals surface area contributed by atoms with E-state index in [1.807, 2.05) is 0 Å². The lowest BCUT2D eigenvalue weighted by atomic mass is 10.7. The van der Waals surface area contributed by atoms with Gasteiger partial charge in [-0.1, -0.05) is 11.6 Å². The van der Waals surface area contributed by atoms with Crippen molar-refractivity contribution in [2.24, 2.45) is 0 Å². The average molecular weight is 183 g/mol. The fraction of sp³-hybridized carbons (Fsp3) is 0.600. The molecule has 0 amide bonds. The average Bonchev–Trinajstić information content (AvgIpc) is 2.12. The Balaban J connectivity index is 2.64. The van der Waals surface area contributed by atoms with Gasteiger partial charge in [-0.3, -0.25) is 9.09 Å². The van der Waals surface area contributed by atoms with Crippen LogP contribution in [-0.4, -0.2) is 13.2 Å². The van der Waals surface area contributed by atoms with Crippen LogP contribution in [0, 0.1) is 0 Å². The highest BCUT2D eigenvalue weighted by atomic mass is 35.5. The van der Waals surface area contributed by atoms with Gasteiger partial charge in [0, 0.05) is 5.82 Å². The standard InChI is InChI=1S/C5H8ClO3P/c1-2-8-10(7)4-5(6)3-9-10/h4H,2-3H2,1H3. The van der Waals surface area contributed by atoms with Crippen LogP contribution in [0.4, 0.5) is 0 Å². The van der Waals surface area contributed by atoms with Crippen LogP contribution in [0.25, 0.3) is 0 Å². The summed E-state index contributed by atoms with van der Waals surface area (Å²) in [5.74, 6) is 1.35. The van der Waals surface area contributed by atoms with Crippen LogP contribution >= 0.6 is 19.2 Å². The molecule has 0 fully saturated rings. The first-order chi connectivity index (χ1) is 4.66. The molecule has 0 aromatic carbocycles. The molecule has 0 saturated carbocycles. The van der Waals surface area contributed by atoms with Gasteiger partial charge >= 0.3 is 7.60 Å². The van der Waals surface area contributed by atoms with Gasteiger partial charge in [0.05, 0.1) is 18.2 Å². The summed E-state index contributed by atoms with van der Waals surface area (Å²) in [7, 11) is -2.92. The third-order valence-electron chi connectivity index (χ3n) is 0.990. The lowest BCUT2D eigenvalue weighted by molar-refractivity contribution is 0.244. The van der Waals surface area contributed by atoms with Gasteiger partial charge in [0.15, 0.2) is 0 Å². The van der Waals surface area contributed by atoms with Crippen LogP contribution in [0.5, 0.6) is 0 Å². The molecule has 1 aliphatic heterocycles. The number of hydrogen-bond donors (Lipinski definition) is 0. The van der Waals surface area contributed by atoms with Crippen LogP contribution in [0.2, 0.25) is 0 Å². The molecule has 5 heteroatoms. The predicted octanol–water partition coefficient (Wildman–Crippen LogP) is 2.33. The van der Waals surface area contributed by atoms with Gasteiger partial charge in [0.1, 0.15) is 0 Å². The molecule has 10 heavy (non-hydrogen) atoms. The normalized spacial score (nSPS) is 32.4. The highest BCUT2D eigenvalue weighted by molar-refractivity contribution is 7.57. The van der Waals surface area contributed by atoms with Crippen molar-refractivity contribution < 1.29 is 13.6 Å². The fourth-order valence-corrected chi connectivity index (χ4v) is 2.46. The number of halogens is 1. The van der Waals surface area contributed by atoms with Crippen molar-refractivity contribution in [1.82, 2.24) is 0 Å². The molecule has 0 aliphatic carbocycles. The van der Waals surface area contributed by atoms with Gasteiger partial charge in [-0.2, -0.15) is 0 Å². The Bertz CT molecular complexity index is 201. The van der Waals surface area contributed by atoms with Gasteiger partial charge in [-0.05, 0) is 6.92 Å². The van der Waals surface area contributed by atoms with E-state index >= 15 is 0 Å². The van der Waals surface area contributed by atoms with E-state index in [0.717, 1.165) is 0 Å². The molecular weight excluding hydrogens is 174 g/mol. The molecule has 0 aromatic rings. The van der Waals surface area contributed by atoms with Crippen molar-refractivity contribution in [2.75, 3.05) is 13.2 Å². The van der Waals surface area contributed by atoms with Crippen LogP contribution in [0.3, 0.4) is 0 Å².